The average Bonchev–Trinajstić information content (AvgIpc) is 2.90. The molecule has 0 spiro atoms. The Morgan fingerprint density at radius 3 is 3.05 bits per heavy atom. The average molecular weight is 275 g/mol. The Kier molecular flexibility index (Phi) is 3.78. The molecule has 2 atom stereocenters. The number of halogens is 1. The van der Waals surface area contributed by atoms with Gasteiger partial charge in [0, 0.05) is 6.42 Å². The zero-order chi connectivity index (χ0) is 13.9. The molecule has 2 heterocycles. The fraction of sp³-hybridized carbons (Fsp3) is 0.467. The summed E-state index contributed by atoms with van der Waals surface area (Å²) in [6.07, 6.45) is 2.53. The summed E-state index contributed by atoms with van der Waals surface area (Å²) in [6.45, 7) is 3.20. The molecule has 3 rings (SSSR count). The van der Waals surface area contributed by atoms with Gasteiger partial charge < -0.3 is 9.84 Å². The van der Waals surface area contributed by atoms with E-state index in [1.54, 1.807) is 12.1 Å². The summed E-state index contributed by atoms with van der Waals surface area (Å²) in [6, 6.07) is 6.80. The highest BCUT2D eigenvalue weighted by molar-refractivity contribution is 5.20. The van der Waals surface area contributed by atoms with Crippen molar-refractivity contribution in [2.24, 2.45) is 5.92 Å². The molecule has 0 saturated carbocycles. The molecule has 0 aliphatic carbocycles. The third kappa shape index (κ3) is 2.88. The highest BCUT2D eigenvalue weighted by Gasteiger charge is 2.24. The van der Waals surface area contributed by atoms with Crippen LogP contribution in [-0.2, 0) is 6.42 Å². The van der Waals surface area contributed by atoms with Crippen molar-refractivity contribution in [3.63, 3.8) is 0 Å². The van der Waals surface area contributed by atoms with Crippen LogP contribution in [0.25, 0.3) is 0 Å². The number of rotatable bonds is 3. The standard InChI is InChI=1S/C15H18FN3O/c1-10-6-7-17-13(8-10)15-18-14(19-20-15)9-11-4-2-3-5-12(11)16/h2-5,10,13,17H,6-9H2,1H3. The summed E-state index contributed by atoms with van der Waals surface area (Å²) < 4.78 is 18.9. The van der Waals surface area contributed by atoms with Crippen molar-refractivity contribution >= 4 is 0 Å². The van der Waals surface area contributed by atoms with E-state index in [0.29, 0.717) is 29.6 Å². The van der Waals surface area contributed by atoms with Gasteiger partial charge in [0.05, 0.1) is 6.04 Å². The van der Waals surface area contributed by atoms with Crippen LogP contribution in [0.3, 0.4) is 0 Å². The summed E-state index contributed by atoms with van der Waals surface area (Å²) in [5.74, 6) is 1.57. The van der Waals surface area contributed by atoms with E-state index in [-0.39, 0.29) is 11.9 Å². The monoisotopic (exact) mass is 275 g/mol. The van der Waals surface area contributed by atoms with Crippen LogP contribution >= 0.6 is 0 Å². The van der Waals surface area contributed by atoms with Crippen molar-refractivity contribution in [3.05, 3.63) is 47.4 Å². The largest absolute Gasteiger partial charge is 0.338 e. The maximum absolute atomic E-state index is 13.6. The lowest BCUT2D eigenvalue weighted by Gasteiger charge is -2.25. The first-order chi connectivity index (χ1) is 9.72. The van der Waals surface area contributed by atoms with Crippen molar-refractivity contribution in [3.8, 4) is 0 Å². The van der Waals surface area contributed by atoms with Crippen molar-refractivity contribution in [2.45, 2.75) is 32.2 Å². The second-order valence-electron chi connectivity index (χ2n) is 5.45. The number of aromatic nitrogens is 2. The van der Waals surface area contributed by atoms with Gasteiger partial charge in [0.15, 0.2) is 5.82 Å². The van der Waals surface area contributed by atoms with Crippen LogP contribution in [0.4, 0.5) is 4.39 Å². The smallest absolute Gasteiger partial charge is 0.243 e. The van der Waals surface area contributed by atoms with Gasteiger partial charge in [-0.25, -0.2) is 4.39 Å². The van der Waals surface area contributed by atoms with Gasteiger partial charge in [-0.05, 0) is 36.9 Å². The molecule has 1 fully saturated rings. The molecule has 4 nitrogen and oxygen atoms in total. The first-order valence-electron chi connectivity index (χ1n) is 7.01. The number of benzene rings is 1. The molecule has 1 aromatic carbocycles. The van der Waals surface area contributed by atoms with Crippen LogP contribution in [0.1, 0.15) is 43.1 Å². The van der Waals surface area contributed by atoms with E-state index in [0.717, 1.165) is 13.0 Å². The Hall–Kier alpha value is -1.75. The molecule has 1 aliphatic heterocycles. The first kappa shape index (κ1) is 13.2. The van der Waals surface area contributed by atoms with Crippen molar-refractivity contribution < 1.29 is 8.91 Å². The Bertz CT molecular complexity index is 584. The van der Waals surface area contributed by atoms with Gasteiger partial charge in [0.1, 0.15) is 5.82 Å². The second-order valence-corrected chi connectivity index (χ2v) is 5.45. The highest BCUT2D eigenvalue weighted by Crippen LogP contribution is 2.26. The first-order valence-corrected chi connectivity index (χ1v) is 7.01. The third-order valence-corrected chi connectivity index (χ3v) is 3.75. The molecule has 0 bridgehead atoms. The van der Waals surface area contributed by atoms with Gasteiger partial charge in [-0.15, -0.1) is 0 Å². The van der Waals surface area contributed by atoms with E-state index in [2.05, 4.69) is 22.4 Å². The zero-order valence-electron chi connectivity index (χ0n) is 11.5. The molecule has 2 aromatic rings. The summed E-state index contributed by atoms with van der Waals surface area (Å²) in [5, 5.41) is 7.34. The van der Waals surface area contributed by atoms with E-state index in [4.69, 9.17) is 4.52 Å². The minimum atomic E-state index is -0.233. The van der Waals surface area contributed by atoms with Gasteiger partial charge in [-0.1, -0.05) is 30.3 Å². The summed E-state index contributed by atoms with van der Waals surface area (Å²) >= 11 is 0. The number of nitrogens with one attached hydrogen (secondary N) is 1. The molecular formula is C15H18FN3O. The summed E-state index contributed by atoms with van der Waals surface area (Å²) in [4.78, 5) is 4.40. The lowest BCUT2D eigenvalue weighted by Crippen LogP contribution is -2.30. The maximum atomic E-state index is 13.6. The van der Waals surface area contributed by atoms with Gasteiger partial charge in [-0.3, -0.25) is 0 Å². The minimum Gasteiger partial charge on any atom is -0.338 e. The predicted octanol–water partition coefficient (Wildman–Crippen LogP) is 2.86. The van der Waals surface area contributed by atoms with E-state index in [9.17, 15) is 4.39 Å². The molecule has 1 aliphatic rings. The van der Waals surface area contributed by atoms with E-state index >= 15 is 0 Å². The molecule has 5 heteroatoms. The van der Waals surface area contributed by atoms with Crippen LogP contribution in [-0.4, -0.2) is 16.7 Å². The zero-order valence-corrected chi connectivity index (χ0v) is 11.5. The minimum absolute atomic E-state index is 0.126. The highest BCUT2D eigenvalue weighted by atomic mass is 19.1. The Labute approximate surface area is 117 Å². The molecule has 1 aromatic heterocycles. The lowest BCUT2D eigenvalue weighted by atomic mass is 9.94. The van der Waals surface area contributed by atoms with Crippen LogP contribution in [0.5, 0.6) is 0 Å². The lowest BCUT2D eigenvalue weighted by molar-refractivity contribution is 0.259. The van der Waals surface area contributed by atoms with Crippen LogP contribution in [0.2, 0.25) is 0 Å². The van der Waals surface area contributed by atoms with Crippen LogP contribution in [0, 0.1) is 11.7 Å². The van der Waals surface area contributed by atoms with Gasteiger partial charge in [0.25, 0.3) is 0 Å². The Balaban J connectivity index is 1.72. The van der Waals surface area contributed by atoms with Gasteiger partial charge in [0.2, 0.25) is 5.89 Å². The van der Waals surface area contributed by atoms with E-state index < -0.39 is 0 Å². The van der Waals surface area contributed by atoms with Crippen molar-refractivity contribution in [1.29, 1.82) is 0 Å². The van der Waals surface area contributed by atoms with Crippen LogP contribution in [0.15, 0.2) is 28.8 Å². The molecular weight excluding hydrogens is 257 g/mol. The molecule has 0 amide bonds. The molecule has 1 saturated heterocycles. The molecule has 1 N–H and O–H groups in total. The second kappa shape index (κ2) is 5.71. The fourth-order valence-electron chi connectivity index (χ4n) is 2.59. The maximum Gasteiger partial charge on any atom is 0.243 e. The topological polar surface area (TPSA) is 51.0 Å². The molecule has 106 valence electrons. The number of nitrogens with zero attached hydrogens (tertiary/aromatic N) is 2. The van der Waals surface area contributed by atoms with Crippen molar-refractivity contribution in [1.82, 2.24) is 15.5 Å². The molecule has 0 radical (unpaired) electrons. The van der Waals surface area contributed by atoms with Gasteiger partial charge in [-0.2, -0.15) is 4.98 Å². The number of hydrogen-bond acceptors (Lipinski definition) is 4. The number of piperidine rings is 1. The van der Waals surface area contributed by atoms with Crippen molar-refractivity contribution in [2.75, 3.05) is 6.54 Å². The summed E-state index contributed by atoms with van der Waals surface area (Å²) in [5.41, 5.74) is 0.588. The predicted molar refractivity (Wildman–Crippen MR) is 72.6 cm³/mol. The Morgan fingerprint density at radius 1 is 1.40 bits per heavy atom. The number of hydrogen-bond donors (Lipinski definition) is 1. The molecule has 20 heavy (non-hydrogen) atoms. The molecule has 2 unspecified atom stereocenters. The Morgan fingerprint density at radius 2 is 2.25 bits per heavy atom. The van der Waals surface area contributed by atoms with Gasteiger partial charge >= 0.3 is 0 Å². The SMILES string of the molecule is CC1CCNC(c2nc(Cc3ccccc3F)no2)C1. The fourth-order valence-corrected chi connectivity index (χ4v) is 2.59. The van der Waals surface area contributed by atoms with E-state index in [1.807, 2.05) is 6.07 Å². The van der Waals surface area contributed by atoms with Crippen LogP contribution < -0.4 is 5.32 Å². The quantitative estimate of drug-likeness (QED) is 0.935. The third-order valence-electron chi connectivity index (χ3n) is 3.75. The normalized spacial score (nSPS) is 22.9. The summed E-state index contributed by atoms with van der Waals surface area (Å²) in [7, 11) is 0. The van der Waals surface area contributed by atoms with E-state index in [1.165, 1.54) is 12.5 Å².